The van der Waals surface area contributed by atoms with Crippen LogP contribution in [0.1, 0.15) is 66.0 Å². The zero-order valence-corrected chi connectivity index (χ0v) is 18.6. The summed E-state index contributed by atoms with van der Waals surface area (Å²) in [7, 11) is 0. The second-order valence-electron chi connectivity index (χ2n) is 8.93. The molecule has 7 nitrogen and oxygen atoms in total. The standard InChI is InChI=1S/C22H32N2O5/c1-13(2)28-20-12-18(14(3)9-19(20)24(26)27)17-10-15(4)23(16(5)11-17)21(25)29-22(6,7)8/h9-10,12-13,15-16H,11H2,1-8H3/t15-,16+/m0/s1. The van der Waals surface area contributed by atoms with Crippen molar-refractivity contribution in [3.63, 3.8) is 0 Å². The maximum atomic E-state index is 12.6. The summed E-state index contributed by atoms with van der Waals surface area (Å²) in [6, 6.07) is 3.09. The van der Waals surface area contributed by atoms with E-state index in [0.29, 0.717) is 6.42 Å². The first-order chi connectivity index (χ1) is 13.3. The summed E-state index contributed by atoms with van der Waals surface area (Å²) in [6.45, 7) is 15.0. The van der Waals surface area contributed by atoms with Gasteiger partial charge in [-0.25, -0.2) is 4.79 Å². The van der Waals surface area contributed by atoms with Gasteiger partial charge in [0.1, 0.15) is 5.60 Å². The molecule has 2 rings (SSSR count). The van der Waals surface area contributed by atoms with E-state index in [4.69, 9.17) is 9.47 Å². The van der Waals surface area contributed by atoms with E-state index in [-0.39, 0.29) is 35.7 Å². The lowest BCUT2D eigenvalue weighted by Crippen LogP contribution is -2.48. The minimum absolute atomic E-state index is 0.0344. The molecule has 1 aliphatic rings. The Balaban J connectivity index is 2.41. The van der Waals surface area contributed by atoms with Gasteiger partial charge in [0.15, 0.2) is 5.75 Å². The Bertz CT molecular complexity index is 823. The van der Waals surface area contributed by atoms with Crippen LogP contribution in [0.3, 0.4) is 0 Å². The molecule has 0 spiro atoms. The van der Waals surface area contributed by atoms with Gasteiger partial charge in [0.05, 0.1) is 17.1 Å². The Kier molecular flexibility index (Phi) is 6.60. The molecule has 1 aromatic carbocycles. The van der Waals surface area contributed by atoms with Crippen molar-refractivity contribution in [1.82, 2.24) is 4.90 Å². The average molecular weight is 405 g/mol. The fraction of sp³-hybridized carbons (Fsp3) is 0.591. The first kappa shape index (κ1) is 22.7. The molecule has 0 fully saturated rings. The third-order valence-electron chi connectivity index (χ3n) is 4.69. The quantitative estimate of drug-likeness (QED) is 0.489. The molecular formula is C22H32N2O5. The maximum Gasteiger partial charge on any atom is 0.411 e. The number of carbonyl (C=O) groups excluding carboxylic acids is 1. The molecule has 1 amide bonds. The summed E-state index contributed by atoms with van der Waals surface area (Å²) in [6.07, 6.45) is 2.14. The zero-order valence-electron chi connectivity index (χ0n) is 18.6. The molecule has 160 valence electrons. The van der Waals surface area contributed by atoms with E-state index in [1.807, 2.05) is 61.5 Å². The van der Waals surface area contributed by atoms with Crippen molar-refractivity contribution in [3.05, 3.63) is 39.4 Å². The van der Waals surface area contributed by atoms with E-state index >= 15 is 0 Å². The Hall–Kier alpha value is -2.57. The maximum absolute atomic E-state index is 12.6. The van der Waals surface area contributed by atoms with E-state index in [0.717, 1.165) is 16.7 Å². The minimum atomic E-state index is -0.557. The van der Waals surface area contributed by atoms with Gasteiger partial charge < -0.3 is 9.47 Å². The van der Waals surface area contributed by atoms with Crippen molar-refractivity contribution in [2.45, 2.75) is 85.6 Å². The topological polar surface area (TPSA) is 81.9 Å². The van der Waals surface area contributed by atoms with Gasteiger partial charge in [-0.3, -0.25) is 15.0 Å². The third kappa shape index (κ3) is 5.49. The summed E-state index contributed by atoms with van der Waals surface area (Å²) < 4.78 is 11.3. The SMILES string of the molecule is Cc1cc([N+](=O)[O-])c(OC(C)C)cc1C1=C[C@H](C)N(C(=O)OC(C)(C)C)[C@H](C)C1. The lowest BCUT2D eigenvalue weighted by atomic mass is 9.89. The molecule has 0 aromatic heterocycles. The number of carbonyl (C=O) groups is 1. The lowest BCUT2D eigenvalue weighted by Gasteiger charge is -2.39. The second kappa shape index (κ2) is 8.43. The molecule has 2 atom stereocenters. The van der Waals surface area contributed by atoms with Crippen molar-refractivity contribution < 1.29 is 19.2 Å². The Labute approximate surface area is 172 Å². The van der Waals surface area contributed by atoms with E-state index in [9.17, 15) is 14.9 Å². The molecule has 0 N–H and O–H groups in total. The van der Waals surface area contributed by atoms with Crippen molar-refractivity contribution >= 4 is 17.4 Å². The zero-order chi connectivity index (χ0) is 22.1. The summed E-state index contributed by atoms with van der Waals surface area (Å²) in [5.41, 5.74) is 2.18. The summed E-state index contributed by atoms with van der Waals surface area (Å²) in [5.74, 6) is 0.265. The van der Waals surface area contributed by atoms with Gasteiger partial charge >= 0.3 is 11.8 Å². The van der Waals surface area contributed by atoms with Gasteiger partial charge in [0, 0.05) is 12.1 Å². The molecule has 0 saturated heterocycles. The molecule has 7 heteroatoms. The van der Waals surface area contributed by atoms with Gasteiger partial charge in [0.25, 0.3) is 0 Å². The van der Waals surface area contributed by atoms with Crippen LogP contribution in [0.15, 0.2) is 18.2 Å². The first-order valence-electron chi connectivity index (χ1n) is 9.98. The average Bonchev–Trinajstić information content (AvgIpc) is 2.52. The van der Waals surface area contributed by atoms with E-state index < -0.39 is 10.5 Å². The number of ether oxygens (including phenoxy) is 2. The van der Waals surface area contributed by atoms with Gasteiger partial charge in [-0.2, -0.15) is 0 Å². The number of nitro groups is 1. The van der Waals surface area contributed by atoms with Crippen LogP contribution in [0.4, 0.5) is 10.5 Å². The van der Waals surface area contributed by atoms with Crippen LogP contribution in [0.2, 0.25) is 0 Å². The number of rotatable bonds is 4. The molecular weight excluding hydrogens is 372 g/mol. The molecule has 0 radical (unpaired) electrons. The van der Waals surface area contributed by atoms with Crippen LogP contribution >= 0.6 is 0 Å². The summed E-state index contributed by atoms with van der Waals surface area (Å²) in [4.78, 5) is 25.4. The minimum Gasteiger partial charge on any atom is -0.484 e. The van der Waals surface area contributed by atoms with E-state index in [1.165, 1.54) is 0 Å². The molecule has 29 heavy (non-hydrogen) atoms. The number of benzene rings is 1. The lowest BCUT2D eigenvalue weighted by molar-refractivity contribution is -0.386. The molecule has 1 heterocycles. The van der Waals surface area contributed by atoms with Crippen molar-refractivity contribution in [3.8, 4) is 5.75 Å². The molecule has 0 aliphatic carbocycles. The highest BCUT2D eigenvalue weighted by atomic mass is 16.6. The highest BCUT2D eigenvalue weighted by Crippen LogP contribution is 2.38. The first-order valence-corrected chi connectivity index (χ1v) is 9.98. The number of amides is 1. The molecule has 0 saturated carbocycles. The van der Waals surface area contributed by atoms with Crippen LogP contribution in [-0.2, 0) is 4.74 Å². The summed E-state index contributed by atoms with van der Waals surface area (Å²) >= 11 is 0. The summed E-state index contributed by atoms with van der Waals surface area (Å²) in [5, 5.41) is 11.4. The number of hydrogen-bond donors (Lipinski definition) is 0. The number of aryl methyl sites for hydroxylation is 1. The monoisotopic (exact) mass is 404 g/mol. The normalized spacial score (nSPS) is 19.8. The predicted octanol–water partition coefficient (Wildman–Crippen LogP) is 5.49. The Morgan fingerprint density at radius 1 is 1.28 bits per heavy atom. The van der Waals surface area contributed by atoms with E-state index in [2.05, 4.69) is 0 Å². The highest BCUT2D eigenvalue weighted by molar-refractivity contribution is 5.76. The predicted molar refractivity (Wildman–Crippen MR) is 113 cm³/mol. The van der Waals surface area contributed by atoms with Crippen molar-refractivity contribution in [2.24, 2.45) is 0 Å². The van der Waals surface area contributed by atoms with Gasteiger partial charge in [-0.1, -0.05) is 6.08 Å². The van der Waals surface area contributed by atoms with Gasteiger partial charge in [-0.15, -0.1) is 0 Å². The third-order valence-corrected chi connectivity index (χ3v) is 4.69. The number of nitro benzene ring substituents is 1. The fourth-order valence-corrected chi connectivity index (χ4v) is 3.63. The Morgan fingerprint density at radius 3 is 2.38 bits per heavy atom. The second-order valence-corrected chi connectivity index (χ2v) is 8.93. The van der Waals surface area contributed by atoms with Crippen LogP contribution in [-0.4, -0.2) is 39.7 Å². The number of hydrogen-bond acceptors (Lipinski definition) is 5. The van der Waals surface area contributed by atoms with Gasteiger partial charge in [-0.05, 0) is 84.6 Å². The highest BCUT2D eigenvalue weighted by Gasteiger charge is 2.33. The van der Waals surface area contributed by atoms with Crippen LogP contribution in [0.25, 0.3) is 5.57 Å². The molecule has 0 bridgehead atoms. The van der Waals surface area contributed by atoms with Crippen LogP contribution < -0.4 is 4.74 Å². The Morgan fingerprint density at radius 2 is 1.90 bits per heavy atom. The smallest absolute Gasteiger partial charge is 0.411 e. The largest absolute Gasteiger partial charge is 0.484 e. The van der Waals surface area contributed by atoms with Crippen LogP contribution in [0.5, 0.6) is 5.75 Å². The fourth-order valence-electron chi connectivity index (χ4n) is 3.63. The van der Waals surface area contributed by atoms with Crippen LogP contribution in [0, 0.1) is 17.0 Å². The number of nitrogens with zero attached hydrogens (tertiary/aromatic N) is 2. The molecule has 1 aliphatic heterocycles. The molecule has 1 aromatic rings. The van der Waals surface area contributed by atoms with E-state index in [1.54, 1.807) is 17.0 Å². The van der Waals surface area contributed by atoms with Gasteiger partial charge in [0.2, 0.25) is 0 Å². The van der Waals surface area contributed by atoms with Crippen molar-refractivity contribution in [2.75, 3.05) is 0 Å². The molecule has 0 unspecified atom stereocenters. The van der Waals surface area contributed by atoms with Crippen molar-refractivity contribution in [1.29, 1.82) is 0 Å².